The lowest BCUT2D eigenvalue weighted by Gasteiger charge is -2.00. The van der Waals surface area contributed by atoms with E-state index in [1.165, 1.54) is 70.6 Å². The molecule has 4 nitrogen and oxygen atoms in total. The van der Waals surface area contributed by atoms with Crippen LogP contribution in [0.3, 0.4) is 0 Å². The van der Waals surface area contributed by atoms with Crippen LogP contribution in [0, 0.1) is 0 Å². The molecule has 0 aromatic carbocycles. The maximum atomic E-state index is 12.3. The van der Waals surface area contributed by atoms with Crippen LogP contribution in [0.25, 0.3) is 11.5 Å². The van der Waals surface area contributed by atoms with Crippen molar-refractivity contribution in [2.45, 2.75) is 95.6 Å². The Morgan fingerprint density at radius 2 is 1.55 bits per heavy atom. The molecule has 0 aliphatic rings. The number of aromatic nitrogens is 1. The summed E-state index contributed by atoms with van der Waals surface area (Å²) in [4.78, 5) is 4.13. The van der Waals surface area contributed by atoms with Gasteiger partial charge in [0.05, 0.1) is 12.5 Å². The van der Waals surface area contributed by atoms with Crippen molar-refractivity contribution >= 4 is 10.8 Å². The minimum Gasteiger partial charge on any atom is -0.461 e. The largest absolute Gasteiger partial charge is 0.461 e. The summed E-state index contributed by atoms with van der Waals surface area (Å²) in [5.74, 6) is 1.75. The van der Waals surface area contributed by atoms with Gasteiger partial charge in [0.2, 0.25) is 0 Å². The second kappa shape index (κ2) is 15.3. The van der Waals surface area contributed by atoms with Crippen molar-refractivity contribution in [2.75, 3.05) is 5.75 Å². The fourth-order valence-corrected chi connectivity index (χ4v) is 4.28. The topological polar surface area (TPSA) is 56.2 Å². The first kappa shape index (κ1) is 23.7. The van der Waals surface area contributed by atoms with E-state index in [4.69, 9.17) is 8.83 Å². The third kappa shape index (κ3) is 10.1. The molecule has 0 saturated heterocycles. The number of oxazole rings is 1. The molecule has 2 heterocycles. The van der Waals surface area contributed by atoms with E-state index in [0.29, 0.717) is 22.5 Å². The quantitative estimate of drug-likeness (QED) is 0.195. The maximum absolute atomic E-state index is 12.3. The van der Waals surface area contributed by atoms with E-state index in [1.807, 2.05) is 0 Å². The molecule has 162 valence electrons. The third-order valence-corrected chi connectivity index (χ3v) is 6.27. The van der Waals surface area contributed by atoms with Gasteiger partial charge in [0, 0.05) is 5.75 Å². The van der Waals surface area contributed by atoms with Crippen LogP contribution in [0.2, 0.25) is 0 Å². The highest BCUT2D eigenvalue weighted by Crippen LogP contribution is 2.22. The van der Waals surface area contributed by atoms with Gasteiger partial charge in [0.25, 0.3) is 5.22 Å². The fourth-order valence-electron chi connectivity index (χ4n) is 3.29. The number of furan rings is 1. The molecule has 1 unspecified atom stereocenters. The Morgan fingerprint density at radius 3 is 2.21 bits per heavy atom. The van der Waals surface area contributed by atoms with Crippen LogP contribution in [0.5, 0.6) is 0 Å². The highest BCUT2D eigenvalue weighted by atomic mass is 32.2. The zero-order valence-electron chi connectivity index (χ0n) is 17.9. The SMILES string of the molecule is CCCCCCCC/C=C\CCCCCCCS(=O)c1ncc(-c2ccco2)o1. The summed E-state index contributed by atoms with van der Waals surface area (Å²) in [5.41, 5.74) is 0. The highest BCUT2D eigenvalue weighted by molar-refractivity contribution is 7.84. The van der Waals surface area contributed by atoms with Gasteiger partial charge in [0.15, 0.2) is 11.5 Å². The van der Waals surface area contributed by atoms with Crippen LogP contribution in [0.4, 0.5) is 0 Å². The Balaban J connectivity index is 1.42. The van der Waals surface area contributed by atoms with E-state index in [0.717, 1.165) is 12.8 Å². The Labute approximate surface area is 178 Å². The summed E-state index contributed by atoms with van der Waals surface area (Å²) in [6.45, 7) is 2.26. The summed E-state index contributed by atoms with van der Waals surface area (Å²) in [5, 5.41) is 0.298. The molecule has 2 rings (SSSR count). The average Bonchev–Trinajstić information content (AvgIpc) is 3.42. The normalized spacial score (nSPS) is 12.7. The molecule has 0 aliphatic heterocycles. The zero-order valence-corrected chi connectivity index (χ0v) is 18.8. The Bertz CT molecular complexity index is 691. The monoisotopic (exact) mass is 419 g/mol. The summed E-state index contributed by atoms with van der Waals surface area (Å²) in [6, 6.07) is 3.59. The van der Waals surface area contributed by atoms with Gasteiger partial charge in [-0.05, 0) is 44.2 Å². The van der Waals surface area contributed by atoms with Crippen molar-refractivity contribution in [1.29, 1.82) is 0 Å². The van der Waals surface area contributed by atoms with Gasteiger partial charge in [-0.3, -0.25) is 0 Å². The van der Waals surface area contributed by atoms with Gasteiger partial charge < -0.3 is 8.83 Å². The van der Waals surface area contributed by atoms with E-state index >= 15 is 0 Å². The lowest BCUT2D eigenvalue weighted by Crippen LogP contribution is -1.98. The molecule has 0 aliphatic carbocycles. The van der Waals surface area contributed by atoms with Crippen LogP contribution in [0.15, 0.2) is 50.8 Å². The van der Waals surface area contributed by atoms with Crippen LogP contribution >= 0.6 is 0 Å². The molecule has 0 spiro atoms. The molecular weight excluding hydrogens is 382 g/mol. The standard InChI is InChI=1S/C24H37NO3S/c1-2-3-4-5-6-7-8-9-10-11-12-13-14-15-16-20-29(26)24-25-21-23(28-24)22-18-17-19-27-22/h9-10,17-19,21H,2-8,11-16,20H2,1H3/b10-9-. The van der Waals surface area contributed by atoms with E-state index in [2.05, 4.69) is 24.1 Å². The van der Waals surface area contributed by atoms with Gasteiger partial charge >= 0.3 is 0 Å². The van der Waals surface area contributed by atoms with Crippen molar-refractivity contribution in [2.24, 2.45) is 0 Å². The number of unbranched alkanes of at least 4 members (excludes halogenated alkanes) is 11. The molecule has 0 N–H and O–H groups in total. The molecule has 0 radical (unpaired) electrons. The van der Waals surface area contributed by atoms with Crippen LogP contribution in [0.1, 0.15) is 90.4 Å². The molecular formula is C24H37NO3S. The summed E-state index contributed by atoms with van der Waals surface area (Å²) in [6.07, 6.45) is 24.3. The van der Waals surface area contributed by atoms with E-state index in [9.17, 15) is 4.21 Å². The fraction of sp³-hybridized carbons (Fsp3) is 0.625. The van der Waals surface area contributed by atoms with Crippen molar-refractivity contribution in [1.82, 2.24) is 4.98 Å². The third-order valence-electron chi connectivity index (χ3n) is 5.03. The van der Waals surface area contributed by atoms with Crippen LogP contribution in [-0.2, 0) is 10.8 Å². The summed E-state index contributed by atoms with van der Waals surface area (Å²) < 4.78 is 23.1. The smallest absolute Gasteiger partial charge is 0.287 e. The van der Waals surface area contributed by atoms with Crippen LogP contribution in [-0.4, -0.2) is 14.9 Å². The first-order valence-corrected chi connectivity index (χ1v) is 12.7. The molecule has 29 heavy (non-hydrogen) atoms. The average molecular weight is 420 g/mol. The van der Waals surface area contributed by atoms with Gasteiger partial charge in [-0.2, -0.15) is 0 Å². The lowest BCUT2D eigenvalue weighted by atomic mass is 10.1. The second-order valence-electron chi connectivity index (χ2n) is 7.60. The highest BCUT2D eigenvalue weighted by Gasteiger charge is 2.13. The molecule has 2 aromatic rings. The number of allylic oxidation sites excluding steroid dienone is 2. The minimum atomic E-state index is -1.17. The van der Waals surface area contributed by atoms with Crippen molar-refractivity contribution in [3.8, 4) is 11.5 Å². The van der Waals surface area contributed by atoms with Gasteiger partial charge in [-0.25, -0.2) is 9.19 Å². The zero-order chi connectivity index (χ0) is 20.6. The number of rotatable bonds is 17. The van der Waals surface area contributed by atoms with Crippen molar-refractivity contribution in [3.05, 3.63) is 36.7 Å². The predicted molar refractivity (Wildman–Crippen MR) is 120 cm³/mol. The molecule has 2 aromatic heterocycles. The van der Waals surface area contributed by atoms with Crippen molar-refractivity contribution in [3.63, 3.8) is 0 Å². The lowest BCUT2D eigenvalue weighted by molar-refractivity contribution is 0.440. The maximum Gasteiger partial charge on any atom is 0.287 e. The number of hydrogen-bond acceptors (Lipinski definition) is 4. The minimum absolute atomic E-state index is 0.298. The number of nitrogens with zero attached hydrogens (tertiary/aromatic N) is 1. The van der Waals surface area contributed by atoms with Gasteiger partial charge in [-0.1, -0.05) is 70.4 Å². The van der Waals surface area contributed by atoms with Gasteiger partial charge in [0.1, 0.15) is 10.8 Å². The first-order valence-electron chi connectivity index (χ1n) is 11.3. The summed E-state index contributed by atoms with van der Waals surface area (Å²) in [7, 11) is -1.17. The second-order valence-corrected chi connectivity index (χ2v) is 9.05. The predicted octanol–water partition coefficient (Wildman–Crippen LogP) is 7.69. The molecule has 1 atom stereocenters. The Hall–Kier alpha value is -1.62. The Morgan fingerprint density at radius 1 is 0.897 bits per heavy atom. The summed E-state index contributed by atoms with van der Waals surface area (Å²) >= 11 is 0. The van der Waals surface area contributed by atoms with E-state index in [-0.39, 0.29) is 0 Å². The number of hydrogen-bond donors (Lipinski definition) is 0. The Kier molecular flexibility index (Phi) is 12.4. The molecule has 0 saturated carbocycles. The van der Waals surface area contributed by atoms with E-state index < -0.39 is 10.8 Å². The van der Waals surface area contributed by atoms with Crippen LogP contribution < -0.4 is 0 Å². The molecule has 0 bridgehead atoms. The first-order chi connectivity index (χ1) is 14.3. The molecule has 0 amide bonds. The molecule has 5 heteroatoms. The van der Waals surface area contributed by atoms with Gasteiger partial charge in [-0.15, -0.1) is 0 Å². The van der Waals surface area contributed by atoms with E-state index in [1.54, 1.807) is 24.6 Å². The van der Waals surface area contributed by atoms with Crippen molar-refractivity contribution < 1.29 is 13.0 Å². The molecule has 0 fully saturated rings.